The van der Waals surface area contributed by atoms with Gasteiger partial charge in [-0.15, -0.1) is 11.6 Å². The van der Waals surface area contributed by atoms with Crippen molar-refractivity contribution in [3.05, 3.63) is 22.9 Å². The van der Waals surface area contributed by atoms with E-state index in [0.29, 0.717) is 18.7 Å². The summed E-state index contributed by atoms with van der Waals surface area (Å²) in [6.45, 7) is 0.501. The molecule has 1 aromatic heterocycles. The number of carbonyl (C=O) groups excluding carboxylic acids is 2. The Balaban J connectivity index is 1.76. The molecule has 3 rings (SSSR count). The second kappa shape index (κ2) is 5.76. The Labute approximate surface area is 157 Å². The molecule has 0 spiro atoms. The van der Waals surface area contributed by atoms with Gasteiger partial charge in [-0.25, -0.2) is 0 Å². The maximum absolute atomic E-state index is 12.7. The molecule has 2 fully saturated rings. The van der Waals surface area contributed by atoms with Crippen molar-refractivity contribution in [2.45, 2.75) is 28.1 Å². The molecule has 0 aromatic carbocycles. The number of nitrogens with zero attached hydrogens (tertiary/aromatic N) is 3. The molecule has 1 saturated carbocycles. The number of carbonyl (C=O) groups is 2. The molecule has 2 unspecified atom stereocenters. The van der Waals surface area contributed by atoms with Gasteiger partial charge in [-0.1, -0.05) is 23.2 Å². The van der Waals surface area contributed by atoms with Gasteiger partial charge in [0.1, 0.15) is 10.4 Å². The summed E-state index contributed by atoms with van der Waals surface area (Å²) < 4.78 is -0.488. The van der Waals surface area contributed by atoms with Crippen molar-refractivity contribution in [1.29, 1.82) is 0 Å². The summed E-state index contributed by atoms with van der Waals surface area (Å²) in [5, 5.41) is 0. The number of anilines is 1. The van der Waals surface area contributed by atoms with Crippen LogP contribution in [0, 0.1) is 0 Å². The van der Waals surface area contributed by atoms with Crippen molar-refractivity contribution in [3.8, 4) is 0 Å². The predicted molar refractivity (Wildman–Crippen MR) is 93.1 cm³/mol. The van der Waals surface area contributed by atoms with Gasteiger partial charge in [0.25, 0.3) is 0 Å². The summed E-state index contributed by atoms with van der Waals surface area (Å²) in [5.74, 6) is -0.590. The SMILES string of the molecule is CN(C(=O)C1(Cl)CC1(Cl)Cl)C1CCN(c2cncc(Br)c2)C1=O. The van der Waals surface area contributed by atoms with Crippen LogP contribution < -0.4 is 4.90 Å². The molecule has 1 aromatic rings. The fourth-order valence-corrected chi connectivity index (χ4v) is 4.13. The Morgan fingerprint density at radius 3 is 2.65 bits per heavy atom. The zero-order valence-electron chi connectivity index (χ0n) is 12.1. The number of rotatable bonds is 3. The van der Waals surface area contributed by atoms with Crippen LogP contribution in [0.4, 0.5) is 5.69 Å². The number of halogens is 4. The lowest BCUT2D eigenvalue weighted by Gasteiger charge is -2.26. The fourth-order valence-electron chi connectivity index (χ4n) is 2.74. The van der Waals surface area contributed by atoms with E-state index < -0.39 is 21.2 Å². The molecule has 2 amide bonds. The average molecular weight is 442 g/mol. The van der Waals surface area contributed by atoms with Crippen LogP contribution in [0.2, 0.25) is 0 Å². The molecular weight excluding hydrogens is 428 g/mol. The van der Waals surface area contributed by atoms with E-state index in [-0.39, 0.29) is 12.3 Å². The highest BCUT2D eigenvalue weighted by Gasteiger charge is 2.72. The first kappa shape index (κ1) is 17.3. The Kier molecular flexibility index (Phi) is 4.32. The minimum absolute atomic E-state index is 0.170. The third kappa shape index (κ3) is 2.84. The number of hydrogen-bond donors (Lipinski definition) is 0. The maximum Gasteiger partial charge on any atom is 0.249 e. The van der Waals surface area contributed by atoms with Gasteiger partial charge < -0.3 is 9.80 Å². The third-order valence-electron chi connectivity index (χ3n) is 4.23. The molecule has 0 N–H and O–H groups in total. The third-order valence-corrected chi connectivity index (χ3v) is 6.38. The van der Waals surface area contributed by atoms with Crippen molar-refractivity contribution >= 4 is 68.2 Å². The van der Waals surface area contributed by atoms with Crippen molar-refractivity contribution in [1.82, 2.24) is 9.88 Å². The largest absolute Gasteiger partial charge is 0.332 e. The smallest absolute Gasteiger partial charge is 0.249 e. The first-order chi connectivity index (χ1) is 10.7. The molecular formula is C14H13BrCl3N3O2. The quantitative estimate of drug-likeness (QED) is 0.678. The zero-order valence-corrected chi connectivity index (χ0v) is 16.0. The Hall–Kier alpha value is -0.560. The van der Waals surface area contributed by atoms with Crippen molar-refractivity contribution in [2.75, 3.05) is 18.5 Å². The first-order valence-corrected chi connectivity index (χ1v) is 8.86. The van der Waals surface area contributed by atoms with Gasteiger partial charge in [0.15, 0.2) is 4.87 Å². The Morgan fingerprint density at radius 2 is 2.09 bits per heavy atom. The summed E-state index contributed by atoms with van der Waals surface area (Å²) in [7, 11) is 1.56. The minimum atomic E-state index is -1.34. The van der Waals surface area contributed by atoms with E-state index in [9.17, 15) is 9.59 Å². The lowest BCUT2D eigenvalue weighted by molar-refractivity contribution is -0.137. The second-order valence-corrected chi connectivity index (χ2v) is 8.80. The molecule has 23 heavy (non-hydrogen) atoms. The van der Waals surface area contributed by atoms with E-state index in [1.165, 1.54) is 4.90 Å². The number of pyridine rings is 1. The highest BCUT2D eigenvalue weighted by Crippen LogP contribution is 2.62. The molecule has 1 aliphatic heterocycles. The topological polar surface area (TPSA) is 53.5 Å². The van der Waals surface area contributed by atoms with Gasteiger partial charge >= 0.3 is 0 Å². The van der Waals surface area contributed by atoms with Crippen molar-refractivity contribution in [2.24, 2.45) is 0 Å². The van der Waals surface area contributed by atoms with Crippen molar-refractivity contribution < 1.29 is 9.59 Å². The zero-order chi connectivity index (χ0) is 17.0. The summed E-state index contributed by atoms with van der Waals surface area (Å²) >= 11 is 21.4. The predicted octanol–water partition coefficient (Wildman–Crippen LogP) is 2.96. The van der Waals surface area contributed by atoms with E-state index in [1.54, 1.807) is 24.3 Å². The van der Waals surface area contributed by atoms with Gasteiger partial charge in [0, 0.05) is 30.7 Å². The Bertz CT molecular complexity index is 687. The number of hydrogen-bond acceptors (Lipinski definition) is 3. The first-order valence-electron chi connectivity index (χ1n) is 6.93. The maximum atomic E-state index is 12.7. The number of likely N-dealkylation sites (N-methyl/N-ethyl adjacent to an activating group) is 1. The van der Waals surface area contributed by atoms with Gasteiger partial charge in [-0.3, -0.25) is 14.6 Å². The lowest BCUT2D eigenvalue weighted by atomic mass is 10.2. The van der Waals surface area contributed by atoms with Gasteiger partial charge in [-0.2, -0.15) is 0 Å². The molecule has 5 nitrogen and oxygen atoms in total. The van der Waals surface area contributed by atoms with Crippen LogP contribution in [0.15, 0.2) is 22.9 Å². The highest BCUT2D eigenvalue weighted by atomic mass is 79.9. The molecule has 9 heteroatoms. The number of alkyl halides is 3. The van der Waals surface area contributed by atoms with Gasteiger partial charge in [0.2, 0.25) is 11.8 Å². The molecule has 1 saturated heterocycles. The monoisotopic (exact) mass is 439 g/mol. The molecule has 124 valence electrons. The highest BCUT2D eigenvalue weighted by molar-refractivity contribution is 9.10. The van der Waals surface area contributed by atoms with Gasteiger partial charge in [-0.05, 0) is 28.4 Å². The van der Waals surface area contributed by atoms with E-state index >= 15 is 0 Å². The fraction of sp³-hybridized carbons (Fsp3) is 0.500. The Morgan fingerprint density at radius 1 is 1.43 bits per heavy atom. The second-order valence-electron chi connectivity index (χ2n) is 5.75. The lowest BCUT2D eigenvalue weighted by Crippen LogP contribution is -2.47. The summed E-state index contributed by atoms with van der Waals surface area (Å²) in [4.78, 5) is 30.8. The summed E-state index contributed by atoms with van der Waals surface area (Å²) in [5.41, 5.74) is 0.684. The molecule has 0 bridgehead atoms. The molecule has 1 aliphatic carbocycles. The molecule has 2 aliphatic rings. The van der Waals surface area contributed by atoms with Crippen LogP contribution in [-0.2, 0) is 9.59 Å². The van der Waals surface area contributed by atoms with Gasteiger partial charge in [0.05, 0.1) is 11.9 Å². The van der Waals surface area contributed by atoms with E-state index in [0.717, 1.165) is 4.47 Å². The number of aromatic nitrogens is 1. The van der Waals surface area contributed by atoms with Crippen LogP contribution >= 0.6 is 50.7 Å². The van der Waals surface area contributed by atoms with Crippen LogP contribution in [0.25, 0.3) is 0 Å². The summed E-state index contributed by atoms with van der Waals surface area (Å²) in [6.07, 6.45) is 3.94. The van der Waals surface area contributed by atoms with E-state index in [4.69, 9.17) is 34.8 Å². The van der Waals surface area contributed by atoms with E-state index in [1.807, 2.05) is 6.07 Å². The minimum Gasteiger partial charge on any atom is -0.332 e. The molecule has 0 radical (unpaired) electrons. The average Bonchev–Trinajstić information content (AvgIpc) is 2.81. The summed E-state index contributed by atoms with van der Waals surface area (Å²) in [6, 6.07) is 1.23. The van der Waals surface area contributed by atoms with Crippen LogP contribution in [0.3, 0.4) is 0 Å². The van der Waals surface area contributed by atoms with E-state index in [2.05, 4.69) is 20.9 Å². The molecule has 2 heterocycles. The van der Waals surface area contributed by atoms with Crippen molar-refractivity contribution in [3.63, 3.8) is 0 Å². The van der Waals surface area contributed by atoms with Crippen LogP contribution in [-0.4, -0.2) is 50.5 Å². The molecule has 2 atom stereocenters. The normalized spacial score (nSPS) is 28.8. The van der Waals surface area contributed by atoms with Crippen LogP contribution in [0.5, 0.6) is 0 Å². The number of amides is 2. The standard InChI is InChI=1S/C14H13BrCl3N3O2/c1-20(12(23)13(16)7-14(13,17)18)10-2-3-21(11(10)22)9-4-8(15)5-19-6-9/h4-6,10H,2-3,7H2,1H3. The van der Waals surface area contributed by atoms with Crippen LogP contribution in [0.1, 0.15) is 12.8 Å².